The molecule has 31 heavy (non-hydrogen) atoms. The van der Waals surface area contributed by atoms with Crippen molar-refractivity contribution in [1.29, 1.82) is 0 Å². The first-order chi connectivity index (χ1) is 14.9. The predicted octanol–water partition coefficient (Wildman–Crippen LogP) is 4.46. The molecule has 1 fully saturated rings. The monoisotopic (exact) mass is 427 g/mol. The SMILES string of the molecule is CCCC1CCN(c2nc(Oc3ccc(C(=O)CC(=O)O)cc3)ccc2[N+](=O)[O-])CC1. The maximum absolute atomic E-state index is 11.8. The first kappa shape index (κ1) is 22.2. The average Bonchev–Trinajstić information content (AvgIpc) is 2.74. The van der Waals surface area contributed by atoms with E-state index in [4.69, 9.17) is 9.84 Å². The van der Waals surface area contributed by atoms with E-state index in [2.05, 4.69) is 11.9 Å². The van der Waals surface area contributed by atoms with Gasteiger partial charge in [-0.15, -0.1) is 0 Å². The lowest BCUT2D eigenvalue weighted by molar-refractivity contribution is -0.384. The highest BCUT2D eigenvalue weighted by atomic mass is 16.6. The highest BCUT2D eigenvalue weighted by molar-refractivity contribution is 6.05. The molecular formula is C22H25N3O6. The maximum atomic E-state index is 11.8. The number of aromatic nitrogens is 1. The smallest absolute Gasteiger partial charge is 0.311 e. The molecule has 0 radical (unpaired) electrons. The summed E-state index contributed by atoms with van der Waals surface area (Å²) in [5, 5.41) is 20.2. The molecule has 1 aromatic heterocycles. The molecule has 1 aliphatic heterocycles. The van der Waals surface area contributed by atoms with Crippen LogP contribution in [0.3, 0.4) is 0 Å². The number of aliphatic carboxylic acids is 1. The van der Waals surface area contributed by atoms with Gasteiger partial charge in [0, 0.05) is 30.8 Å². The molecule has 164 valence electrons. The Balaban J connectivity index is 1.75. The minimum Gasteiger partial charge on any atom is -0.481 e. The summed E-state index contributed by atoms with van der Waals surface area (Å²) >= 11 is 0. The number of anilines is 1. The fraction of sp³-hybridized carbons (Fsp3) is 0.409. The minimum absolute atomic E-state index is 0.0593. The van der Waals surface area contributed by atoms with E-state index >= 15 is 0 Å². The molecule has 0 aliphatic carbocycles. The van der Waals surface area contributed by atoms with Crippen LogP contribution < -0.4 is 9.64 Å². The molecule has 0 amide bonds. The van der Waals surface area contributed by atoms with E-state index < -0.39 is 23.1 Å². The lowest BCUT2D eigenvalue weighted by Crippen LogP contribution is -2.34. The van der Waals surface area contributed by atoms with Gasteiger partial charge >= 0.3 is 11.7 Å². The molecule has 2 heterocycles. The molecule has 3 rings (SSSR count). The van der Waals surface area contributed by atoms with Gasteiger partial charge in [-0.2, -0.15) is 4.98 Å². The van der Waals surface area contributed by atoms with Crippen LogP contribution in [0.15, 0.2) is 36.4 Å². The standard InChI is InChI=1S/C22H25N3O6/c1-2-3-15-10-12-24(13-11-15)22-18(25(29)30)8-9-20(23-22)31-17-6-4-16(5-7-17)19(26)14-21(27)28/h4-9,15H,2-3,10-14H2,1H3,(H,27,28). The van der Waals surface area contributed by atoms with Crippen molar-refractivity contribution >= 4 is 23.3 Å². The minimum atomic E-state index is -1.19. The lowest BCUT2D eigenvalue weighted by Gasteiger charge is -2.32. The van der Waals surface area contributed by atoms with E-state index in [0.29, 0.717) is 30.6 Å². The summed E-state index contributed by atoms with van der Waals surface area (Å²) in [6.45, 7) is 3.58. The Morgan fingerprint density at radius 2 is 1.87 bits per heavy atom. The number of Topliss-reactive ketones (excluding diaryl/α,β-unsaturated/α-hetero) is 1. The molecule has 0 bridgehead atoms. The van der Waals surface area contributed by atoms with Crippen molar-refractivity contribution < 1.29 is 24.4 Å². The molecule has 1 aliphatic rings. The summed E-state index contributed by atoms with van der Waals surface area (Å²) in [6.07, 6.45) is 3.67. The molecule has 9 heteroatoms. The van der Waals surface area contributed by atoms with Gasteiger partial charge in [-0.3, -0.25) is 19.7 Å². The van der Waals surface area contributed by atoms with Gasteiger partial charge in [0.05, 0.1) is 4.92 Å². The van der Waals surface area contributed by atoms with Crippen molar-refractivity contribution in [3.63, 3.8) is 0 Å². The third-order valence-electron chi connectivity index (χ3n) is 5.35. The number of hydrogen-bond donors (Lipinski definition) is 1. The molecule has 0 spiro atoms. The van der Waals surface area contributed by atoms with Crippen LogP contribution in [0.1, 0.15) is 49.4 Å². The third-order valence-corrected chi connectivity index (χ3v) is 5.35. The van der Waals surface area contributed by atoms with Crippen LogP contribution in [-0.4, -0.2) is 39.9 Å². The van der Waals surface area contributed by atoms with Crippen LogP contribution in [-0.2, 0) is 4.79 Å². The number of carbonyl (C=O) groups excluding carboxylic acids is 1. The summed E-state index contributed by atoms with van der Waals surface area (Å²) < 4.78 is 5.73. The maximum Gasteiger partial charge on any atom is 0.311 e. The van der Waals surface area contributed by atoms with Crippen LogP contribution in [0.4, 0.5) is 11.5 Å². The van der Waals surface area contributed by atoms with E-state index in [-0.39, 0.29) is 17.1 Å². The topological polar surface area (TPSA) is 123 Å². The van der Waals surface area contributed by atoms with E-state index in [1.54, 1.807) is 0 Å². The number of carboxylic acid groups (broad SMARTS) is 1. The second kappa shape index (κ2) is 10.0. The number of carboxylic acids is 1. The fourth-order valence-corrected chi connectivity index (χ4v) is 3.77. The molecule has 1 N–H and O–H groups in total. The average molecular weight is 427 g/mol. The number of ketones is 1. The Morgan fingerprint density at radius 1 is 1.19 bits per heavy atom. The van der Waals surface area contributed by atoms with E-state index in [0.717, 1.165) is 25.7 Å². The normalized spacial score (nSPS) is 14.3. The van der Waals surface area contributed by atoms with Crippen molar-refractivity contribution in [1.82, 2.24) is 4.98 Å². The largest absolute Gasteiger partial charge is 0.481 e. The second-order valence-corrected chi connectivity index (χ2v) is 7.59. The Kier molecular flexibility index (Phi) is 7.17. The van der Waals surface area contributed by atoms with Gasteiger partial charge in [-0.1, -0.05) is 19.8 Å². The van der Waals surface area contributed by atoms with Crippen LogP contribution in [0.2, 0.25) is 0 Å². The van der Waals surface area contributed by atoms with Crippen LogP contribution in [0.25, 0.3) is 0 Å². The van der Waals surface area contributed by atoms with Gasteiger partial charge in [-0.05, 0) is 43.0 Å². The van der Waals surface area contributed by atoms with E-state index in [1.807, 2.05) is 4.90 Å². The first-order valence-electron chi connectivity index (χ1n) is 10.3. The molecule has 0 atom stereocenters. The number of nitro groups is 1. The van der Waals surface area contributed by atoms with Gasteiger partial charge in [0.15, 0.2) is 5.78 Å². The van der Waals surface area contributed by atoms with Gasteiger partial charge in [-0.25, -0.2) is 0 Å². The number of piperidine rings is 1. The summed E-state index contributed by atoms with van der Waals surface area (Å²) in [5.74, 6) is -0.151. The van der Waals surface area contributed by atoms with Crippen molar-refractivity contribution in [3.05, 3.63) is 52.1 Å². The van der Waals surface area contributed by atoms with Crippen molar-refractivity contribution in [2.24, 2.45) is 5.92 Å². The zero-order valence-corrected chi connectivity index (χ0v) is 17.3. The molecule has 0 unspecified atom stereocenters. The zero-order valence-electron chi connectivity index (χ0n) is 17.3. The summed E-state index contributed by atoms with van der Waals surface area (Å²) in [4.78, 5) is 39.9. The summed E-state index contributed by atoms with van der Waals surface area (Å²) in [7, 11) is 0. The van der Waals surface area contributed by atoms with E-state index in [1.165, 1.54) is 36.4 Å². The Labute approximate surface area is 179 Å². The number of pyridine rings is 1. The highest BCUT2D eigenvalue weighted by Gasteiger charge is 2.26. The number of nitrogens with zero attached hydrogens (tertiary/aromatic N) is 3. The molecule has 2 aromatic rings. The zero-order chi connectivity index (χ0) is 22.4. The van der Waals surface area contributed by atoms with Gasteiger partial charge in [0.2, 0.25) is 11.7 Å². The Bertz CT molecular complexity index is 952. The summed E-state index contributed by atoms with van der Waals surface area (Å²) in [6, 6.07) is 8.86. The number of benzene rings is 1. The van der Waals surface area contributed by atoms with Crippen LogP contribution >= 0.6 is 0 Å². The van der Waals surface area contributed by atoms with Crippen LogP contribution in [0, 0.1) is 16.0 Å². The third kappa shape index (κ3) is 5.78. The quantitative estimate of drug-likeness (QED) is 0.269. The number of ether oxygens (including phenoxy) is 1. The molecule has 1 saturated heterocycles. The summed E-state index contributed by atoms with van der Waals surface area (Å²) in [5.41, 5.74) is 0.206. The van der Waals surface area contributed by atoms with Crippen LogP contribution in [0.5, 0.6) is 11.6 Å². The Morgan fingerprint density at radius 3 is 2.45 bits per heavy atom. The van der Waals surface area contributed by atoms with Crippen molar-refractivity contribution in [3.8, 4) is 11.6 Å². The van der Waals surface area contributed by atoms with Gasteiger partial charge in [0.1, 0.15) is 12.2 Å². The van der Waals surface area contributed by atoms with Crippen molar-refractivity contribution in [2.75, 3.05) is 18.0 Å². The molecule has 0 saturated carbocycles. The fourth-order valence-electron chi connectivity index (χ4n) is 3.77. The highest BCUT2D eigenvalue weighted by Crippen LogP contribution is 2.33. The number of carbonyl (C=O) groups is 2. The number of rotatable bonds is 9. The second-order valence-electron chi connectivity index (χ2n) is 7.59. The molecule has 9 nitrogen and oxygen atoms in total. The predicted molar refractivity (Wildman–Crippen MR) is 114 cm³/mol. The number of hydrogen-bond acceptors (Lipinski definition) is 7. The van der Waals surface area contributed by atoms with Gasteiger partial charge < -0.3 is 14.7 Å². The van der Waals surface area contributed by atoms with Gasteiger partial charge in [0.25, 0.3) is 0 Å². The Hall–Kier alpha value is -3.49. The molecule has 1 aromatic carbocycles. The lowest BCUT2D eigenvalue weighted by atomic mass is 9.92. The van der Waals surface area contributed by atoms with Crippen molar-refractivity contribution in [2.45, 2.75) is 39.0 Å². The first-order valence-corrected chi connectivity index (χ1v) is 10.3. The van der Waals surface area contributed by atoms with E-state index in [9.17, 15) is 19.7 Å². The molecular weight excluding hydrogens is 402 g/mol.